The number of ether oxygens (including phenoxy) is 3. The average molecular weight is 529 g/mol. The van der Waals surface area contributed by atoms with Crippen LogP contribution in [0.2, 0.25) is 0 Å². The van der Waals surface area contributed by atoms with Gasteiger partial charge in [0.2, 0.25) is 5.75 Å². The van der Waals surface area contributed by atoms with Crippen LogP contribution in [0.25, 0.3) is 0 Å². The predicted octanol–water partition coefficient (Wildman–Crippen LogP) is 2.92. The quantitative estimate of drug-likeness (QED) is 0.304. The molecule has 1 rings (SSSR count). The molecule has 1 aromatic carbocycles. The van der Waals surface area contributed by atoms with Gasteiger partial charge in [-0.3, -0.25) is 4.99 Å². The molecule has 0 amide bonds. The molecule has 0 aliphatic carbocycles. The lowest BCUT2D eigenvalue weighted by molar-refractivity contribution is 0.324. The van der Waals surface area contributed by atoms with E-state index in [1.165, 1.54) is 21.3 Å². The highest BCUT2D eigenvalue weighted by atomic mass is 127. The maximum Gasteiger partial charge on any atom is 0.203 e. The Hall–Kier alpha value is -1.43. The van der Waals surface area contributed by atoms with Crippen molar-refractivity contribution in [3.63, 3.8) is 0 Å². The van der Waals surface area contributed by atoms with Crippen molar-refractivity contribution < 1.29 is 22.6 Å². The fourth-order valence-corrected chi connectivity index (χ4v) is 3.12. The van der Waals surface area contributed by atoms with Gasteiger partial charge in [0.05, 0.1) is 38.4 Å². The van der Waals surface area contributed by atoms with Crippen LogP contribution >= 0.6 is 24.0 Å². The van der Waals surface area contributed by atoms with Crippen molar-refractivity contribution >= 4 is 45.5 Å². The van der Waals surface area contributed by atoms with Gasteiger partial charge in [0.25, 0.3) is 0 Å². The first-order valence-corrected chi connectivity index (χ1v) is 10.3. The topological polar surface area (TPSA) is 98.3 Å². The van der Waals surface area contributed by atoms with E-state index in [4.69, 9.17) is 14.2 Å². The van der Waals surface area contributed by atoms with E-state index in [1.807, 2.05) is 6.92 Å². The molecule has 8 nitrogen and oxygen atoms in total. The Kier molecular flexibility index (Phi) is 11.0. The Balaban J connectivity index is 0.00000729. The van der Waals surface area contributed by atoms with Gasteiger partial charge >= 0.3 is 0 Å². The van der Waals surface area contributed by atoms with Gasteiger partial charge in [0, 0.05) is 24.4 Å². The van der Waals surface area contributed by atoms with Crippen molar-refractivity contribution in [2.75, 3.05) is 45.5 Å². The van der Waals surface area contributed by atoms with Crippen molar-refractivity contribution in [2.24, 2.45) is 4.99 Å². The zero-order chi connectivity index (χ0) is 20.7. The number of nitrogens with zero attached hydrogens (tertiary/aromatic N) is 1. The summed E-state index contributed by atoms with van der Waals surface area (Å²) in [7, 11) is 1.38. The molecule has 0 bridgehead atoms. The molecule has 0 radical (unpaired) electrons. The van der Waals surface area contributed by atoms with E-state index in [0.717, 1.165) is 0 Å². The summed E-state index contributed by atoms with van der Waals surface area (Å²) in [6.45, 7) is 7.77. The average Bonchev–Trinajstić information content (AvgIpc) is 2.59. The summed E-state index contributed by atoms with van der Waals surface area (Å²) >= 11 is 0. The number of hydrogen-bond acceptors (Lipinski definition) is 6. The highest BCUT2D eigenvalue weighted by Gasteiger charge is 2.28. The van der Waals surface area contributed by atoms with Crippen LogP contribution in [-0.4, -0.2) is 59.3 Å². The van der Waals surface area contributed by atoms with Crippen LogP contribution in [0.3, 0.4) is 0 Å². The number of hydrogen-bond donors (Lipinski definition) is 2. The van der Waals surface area contributed by atoms with Crippen molar-refractivity contribution in [2.45, 2.75) is 32.4 Å². The first kappa shape index (κ1) is 26.6. The van der Waals surface area contributed by atoms with Gasteiger partial charge in [-0.15, -0.1) is 24.0 Å². The second-order valence-corrected chi connectivity index (χ2v) is 9.59. The van der Waals surface area contributed by atoms with E-state index >= 15 is 0 Å². The summed E-state index contributed by atoms with van der Waals surface area (Å²) in [6.07, 6.45) is 0. The second kappa shape index (κ2) is 11.5. The summed E-state index contributed by atoms with van der Waals surface area (Å²) in [5.41, 5.74) is 0.669. The van der Waals surface area contributed by atoms with Crippen LogP contribution in [0.1, 0.15) is 27.7 Å². The largest absolute Gasteiger partial charge is 0.493 e. The molecule has 0 saturated carbocycles. The van der Waals surface area contributed by atoms with Crippen molar-refractivity contribution in [1.29, 1.82) is 0 Å². The number of halogens is 1. The number of guanidine groups is 1. The molecule has 0 aliphatic rings. The van der Waals surface area contributed by atoms with Crippen molar-refractivity contribution in [3.8, 4) is 17.2 Å². The fourth-order valence-electron chi connectivity index (χ4n) is 2.18. The first-order chi connectivity index (χ1) is 12.6. The van der Waals surface area contributed by atoms with Crippen molar-refractivity contribution in [3.05, 3.63) is 12.1 Å². The molecule has 0 spiro atoms. The third-order valence-electron chi connectivity index (χ3n) is 3.83. The Labute approximate surface area is 185 Å². The van der Waals surface area contributed by atoms with Gasteiger partial charge in [-0.1, -0.05) is 0 Å². The number of aliphatic imine (C=N–C) groups is 1. The molecule has 0 saturated heterocycles. The SMILES string of the molecule is CCNC(=NCCS(=O)(=O)C(C)(C)C)Nc1cc(OC)c(OC)c(OC)c1.I. The summed E-state index contributed by atoms with van der Waals surface area (Å²) in [5, 5.41) is 6.23. The molecule has 2 N–H and O–H groups in total. The summed E-state index contributed by atoms with van der Waals surface area (Å²) in [5.74, 6) is 1.94. The maximum atomic E-state index is 12.2. The summed E-state index contributed by atoms with van der Waals surface area (Å²) < 4.78 is 39.6. The molecule has 0 aromatic heterocycles. The highest BCUT2D eigenvalue weighted by molar-refractivity contribution is 14.0. The summed E-state index contributed by atoms with van der Waals surface area (Å²) in [4.78, 5) is 4.36. The molecule has 0 heterocycles. The number of benzene rings is 1. The van der Waals surface area contributed by atoms with Crippen LogP contribution in [0.15, 0.2) is 17.1 Å². The minimum absolute atomic E-state index is 0. The second-order valence-electron chi connectivity index (χ2n) is 6.73. The molecule has 0 aliphatic heterocycles. The van der Waals surface area contributed by atoms with Gasteiger partial charge < -0.3 is 24.8 Å². The normalized spacial score (nSPS) is 12.0. The molecular weight excluding hydrogens is 497 g/mol. The van der Waals surface area contributed by atoms with E-state index in [9.17, 15) is 8.42 Å². The lowest BCUT2D eigenvalue weighted by Crippen LogP contribution is -2.33. The van der Waals surface area contributed by atoms with Gasteiger partial charge in [0.15, 0.2) is 27.3 Å². The van der Waals surface area contributed by atoms with Crippen molar-refractivity contribution in [1.82, 2.24) is 5.32 Å². The van der Waals surface area contributed by atoms with Crippen LogP contribution in [0.5, 0.6) is 17.2 Å². The van der Waals surface area contributed by atoms with E-state index < -0.39 is 14.6 Å². The van der Waals surface area contributed by atoms with Gasteiger partial charge in [-0.2, -0.15) is 0 Å². The molecule has 0 fully saturated rings. The van der Waals surface area contributed by atoms with Crippen LogP contribution < -0.4 is 24.8 Å². The Morgan fingerprint density at radius 2 is 1.61 bits per heavy atom. The van der Waals surface area contributed by atoms with Gasteiger partial charge in [-0.05, 0) is 27.7 Å². The minimum Gasteiger partial charge on any atom is -0.493 e. The Morgan fingerprint density at radius 3 is 2.00 bits per heavy atom. The molecule has 0 atom stereocenters. The van der Waals surface area contributed by atoms with E-state index in [1.54, 1.807) is 32.9 Å². The van der Waals surface area contributed by atoms with Crippen LogP contribution in [-0.2, 0) is 9.84 Å². The third-order valence-corrected chi connectivity index (χ3v) is 6.42. The number of anilines is 1. The number of methoxy groups -OCH3 is 3. The van der Waals surface area contributed by atoms with E-state index in [-0.39, 0.29) is 36.3 Å². The molecular formula is C18H32IN3O5S. The molecule has 1 aromatic rings. The molecule has 162 valence electrons. The Morgan fingerprint density at radius 1 is 1.07 bits per heavy atom. The fraction of sp³-hybridized carbons (Fsp3) is 0.611. The third kappa shape index (κ3) is 7.19. The van der Waals surface area contributed by atoms with E-state index in [2.05, 4.69) is 15.6 Å². The van der Waals surface area contributed by atoms with Crippen LogP contribution in [0, 0.1) is 0 Å². The zero-order valence-electron chi connectivity index (χ0n) is 17.6. The molecule has 10 heteroatoms. The zero-order valence-corrected chi connectivity index (χ0v) is 20.7. The maximum absolute atomic E-state index is 12.2. The number of nitrogens with one attached hydrogen (secondary N) is 2. The number of sulfone groups is 1. The van der Waals surface area contributed by atoms with E-state index in [0.29, 0.717) is 35.4 Å². The first-order valence-electron chi connectivity index (χ1n) is 8.67. The number of rotatable bonds is 8. The van der Waals surface area contributed by atoms with Crippen LogP contribution in [0.4, 0.5) is 5.69 Å². The minimum atomic E-state index is -3.23. The molecule has 28 heavy (non-hydrogen) atoms. The monoisotopic (exact) mass is 529 g/mol. The van der Waals surface area contributed by atoms with Gasteiger partial charge in [-0.25, -0.2) is 8.42 Å². The molecule has 0 unspecified atom stereocenters. The Bertz CT molecular complexity index is 736. The highest BCUT2D eigenvalue weighted by Crippen LogP contribution is 2.39. The smallest absolute Gasteiger partial charge is 0.203 e. The standard InChI is InChI=1S/C18H31N3O5S.HI/c1-8-19-17(20-9-10-27(22,23)18(2,3)4)21-13-11-14(24-5)16(26-7)15(12-13)25-6;/h11-12H,8-10H2,1-7H3,(H2,19,20,21);1H. The predicted molar refractivity (Wildman–Crippen MR) is 125 cm³/mol. The summed E-state index contributed by atoms with van der Waals surface area (Å²) in [6, 6.07) is 3.50. The lowest BCUT2D eigenvalue weighted by atomic mass is 10.2. The lowest BCUT2D eigenvalue weighted by Gasteiger charge is -2.19. The van der Waals surface area contributed by atoms with Gasteiger partial charge in [0.1, 0.15) is 0 Å².